The molecule has 0 bridgehead atoms. The van der Waals surface area contributed by atoms with Crippen molar-refractivity contribution in [2.24, 2.45) is 5.92 Å². The van der Waals surface area contributed by atoms with E-state index in [9.17, 15) is 14.4 Å². The van der Waals surface area contributed by atoms with E-state index in [1.807, 2.05) is 0 Å². The summed E-state index contributed by atoms with van der Waals surface area (Å²) < 4.78 is 9.29. The van der Waals surface area contributed by atoms with Crippen LogP contribution in [0.15, 0.2) is 0 Å². The van der Waals surface area contributed by atoms with Gasteiger partial charge in [0.1, 0.15) is 6.04 Å². The first kappa shape index (κ1) is 13.6. The third-order valence-electron chi connectivity index (χ3n) is 2.54. The van der Waals surface area contributed by atoms with E-state index < -0.39 is 29.9 Å². The predicted octanol–water partition coefficient (Wildman–Crippen LogP) is 0.00740. The lowest BCUT2D eigenvalue weighted by molar-refractivity contribution is -0.168. The van der Waals surface area contributed by atoms with Crippen LogP contribution in [0, 0.1) is 5.92 Å². The van der Waals surface area contributed by atoms with E-state index in [1.54, 1.807) is 6.92 Å². The minimum absolute atomic E-state index is 0.189. The van der Waals surface area contributed by atoms with Crippen molar-refractivity contribution in [3.63, 3.8) is 0 Å². The van der Waals surface area contributed by atoms with E-state index in [2.05, 4.69) is 14.8 Å². The van der Waals surface area contributed by atoms with Crippen LogP contribution in [0.5, 0.6) is 0 Å². The van der Waals surface area contributed by atoms with Gasteiger partial charge >= 0.3 is 17.9 Å². The van der Waals surface area contributed by atoms with Crippen LogP contribution in [0.1, 0.15) is 26.7 Å². The van der Waals surface area contributed by atoms with E-state index in [1.165, 1.54) is 6.92 Å². The molecule has 1 aliphatic heterocycles. The lowest BCUT2D eigenvalue weighted by Gasteiger charge is -2.12. The number of carbonyl (C=O) groups is 3. The first-order chi connectivity index (χ1) is 8.06. The topological polar surface area (TPSA) is 81.7 Å². The number of ether oxygens (including phenoxy) is 2. The molecule has 1 saturated heterocycles. The molecule has 96 valence electrons. The van der Waals surface area contributed by atoms with Crippen LogP contribution in [-0.2, 0) is 23.9 Å². The number of carbonyl (C=O) groups excluding carboxylic acids is 3. The molecule has 1 unspecified atom stereocenters. The van der Waals surface area contributed by atoms with Gasteiger partial charge in [0.2, 0.25) is 0 Å². The highest BCUT2D eigenvalue weighted by Gasteiger charge is 2.30. The molecule has 0 amide bonds. The SMILES string of the molecule is CCOC(=O)C(C)C(=O)OC(=O)[C@@H]1CCCN1. The summed E-state index contributed by atoms with van der Waals surface area (Å²) in [6, 6.07) is -0.437. The Morgan fingerprint density at radius 2 is 2.06 bits per heavy atom. The summed E-state index contributed by atoms with van der Waals surface area (Å²) in [4.78, 5) is 34.2. The van der Waals surface area contributed by atoms with E-state index in [-0.39, 0.29) is 6.61 Å². The maximum Gasteiger partial charge on any atom is 0.330 e. The fourth-order valence-corrected chi connectivity index (χ4v) is 1.51. The Labute approximate surface area is 99.6 Å². The molecule has 0 aromatic rings. The molecule has 6 nitrogen and oxygen atoms in total. The molecule has 1 fully saturated rings. The zero-order chi connectivity index (χ0) is 12.8. The molecule has 0 aromatic heterocycles. The van der Waals surface area contributed by atoms with Gasteiger partial charge < -0.3 is 14.8 Å². The number of hydrogen-bond donors (Lipinski definition) is 1. The third kappa shape index (κ3) is 3.81. The van der Waals surface area contributed by atoms with E-state index >= 15 is 0 Å². The largest absolute Gasteiger partial charge is 0.465 e. The molecule has 1 heterocycles. The van der Waals surface area contributed by atoms with Crippen LogP contribution in [0.4, 0.5) is 0 Å². The summed E-state index contributed by atoms with van der Waals surface area (Å²) in [5.74, 6) is -3.23. The molecule has 1 aliphatic rings. The maximum absolute atomic E-state index is 11.5. The molecule has 1 N–H and O–H groups in total. The first-order valence-electron chi connectivity index (χ1n) is 5.71. The molecule has 2 atom stereocenters. The van der Waals surface area contributed by atoms with E-state index in [0.717, 1.165) is 13.0 Å². The lowest BCUT2D eigenvalue weighted by Crippen LogP contribution is -2.36. The second kappa shape index (κ2) is 6.34. The van der Waals surface area contributed by atoms with Crippen LogP contribution in [0.25, 0.3) is 0 Å². The van der Waals surface area contributed by atoms with Crippen molar-refractivity contribution in [2.45, 2.75) is 32.7 Å². The van der Waals surface area contributed by atoms with Gasteiger partial charge in [0.25, 0.3) is 0 Å². The highest BCUT2D eigenvalue weighted by molar-refractivity contribution is 5.99. The maximum atomic E-state index is 11.5. The Bertz CT molecular complexity index is 309. The Morgan fingerprint density at radius 3 is 2.59 bits per heavy atom. The minimum atomic E-state index is -1.07. The van der Waals surface area contributed by atoms with Gasteiger partial charge in [0.15, 0.2) is 5.92 Å². The smallest absolute Gasteiger partial charge is 0.330 e. The first-order valence-corrected chi connectivity index (χ1v) is 5.71. The fraction of sp³-hybridized carbons (Fsp3) is 0.727. The van der Waals surface area contributed by atoms with Crippen molar-refractivity contribution < 1.29 is 23.9 Å². The molecule has 0 aliphatic carbocycles. The summed E-state index contributed by atoms with van der Waals surface area (Å²) >= 11 is 0. The molecule has 0 aromatic carbocycles. The van der Waals surface area contributed by atoms with Gasteiger partial charge in [0.05, 0.1) is 6.61 Å². The fourth-order valence-electron chi connectivity index (χ4n) is 1.51. The van der Waals surface area contributed by atoms with Crippen molar-refractivity contribution in [3.05, 3.63) is 0 Å². The van der Waals surface area contributed by atoms with Gasteiger partial charge in [-0.1, -0.05) is 0 Å². The van der Waals surface area contributed by atoms with Gasteiger partial charge in [-0.15, -0.1) is 0 Å². The monoisotopic (exact) mass is 243 g/mol. The summed E-state index contributed by atoms with van der Waals surface area (Å²) in [7, 11) is 0. The summed E-state index contributed by atoms with van der Waals surface area (Å²) in [6.45, 7) is 3.93. The summed E-state index contributed by atoms with van der Waals surface area (Å²) in [6.07, 6.45) is 1.53. The number of nitrogens with one attached hydrogen (secondary N) is 1. The molecular formula is C11H17NO5. The Balaban J connectivity index is 2.42. The second-order valence-electron chi connectivity index (χ2n) is 3.86. The van der Waals surface area contributed by atoms with Crippen molar-refractivity contribution in [3.8, 4) is 0 Å². The quantitative estimate of drug-likeness (QED) is 0.553. The summed E-state index contributed by atoms with van der Waals surface area (Å²) in [5.41, 5.74) is 0. The molecule has 17 heavy (non-hydrogen) atoms. The van der Waals surface area contributed by atoms with Gasteiger partial charge in [-0.3, -0.25) is 9.59 Å². The Morgan fingerprint density at radius 1 is 1.35 bits per heavy atom. The Kier molecular flexibility index (Phi) is 5.09. The van der Waals surface area contributed by atoms with Crippen molar-refractivity contribution in [1.82, 2.24) is 5.32 Å². The van der Waals surface area contributed by atoms with Gasteiger partial charge in [-0.25, -0.2) is 4.79 Å². The highest BCUT2D eigenvalue weighted by Crippen LogP contribution is 2.09. The average Bonchev–Trinajstić information content (AvgIpc) is 2.81. The van der Waals surface area contributed by atoms with Gasteiger partial charge in [0, 0.05) is 0 Å². The molecule has 0 radical (unpaired) electrons. The van der Waals surface area contributed by atoms with Crippen molar-refractivity contribution in [2.75, 3.05) is 13.2 Å². The van der Waals surface area contributed by atoms with Gasteiger partial charge in [-0.2, -0.15) is 0 Å². The molecule has 6 heteroatoms. The summed E-state index contributed by atoms with van der Waals surface area (Å²) in [5, 5.41) is 2.91. The molecular weight excluding hydrogens is 226 g/mol. The van der Waals surface area contributed by atoms with E-state index in [0.29, 0.717) is 6.42 Å². The third-order valence-corrected chi connectivity index (χ3v) is 2.54. The number of esters is 3. The standard InChI is InChI=1S/C11H17NO5/c1-3-16-9(13)7(2)10(14)17-11(15)8-5-4-6-12-8/h7-8,12H,3-6H2,1-2H3/t7?,8-/m0/s1. The van der Waals surface area contributed by atoms with Gasteiger partial charge in [-0.05, 0) is 33.2 Å². The number of hydrogen-bond acceptors (Lipinski definition) is 6. The predicted molar refractivity (Wildman–Crippen MR) is 57.9 cm³/mol. The normalized spacial score (nSPS) is 20.7. The molecule has 1 rings (SSSR count). The molecule has 0 spiro atoms. The minimum Gasteiger partial charge on any atom is -0.465 e. The van der Waals surface area contributed by atoms with Crippen LogP contribution < -0.4 is 5.32 Å². The average molecular weight is 243 g/mol. The lowest BCUT2D eigenvalue weighted by atomic mass is 10.2. The van der Waals surface area contributed by atoms with Crippen LogP contribution in [0.2, 0.25) is 0 Å². The van der Waals surface area contributed by atoms with Crippen LogP contribution >= 0.6 is 0 Å². The highest BCUT2D eigenvalue weighted by atomic mass is 16.6. The van der Waals surface area contributed by atoms with Crippen molar-refractivity contribution >= 4 is 17.9 Å². The zero-order valence-electron chi connectivity index (χ0n) is 10.0. The second-order valence-corrected chi connectivity index (χ2v) is 3.86. The number of rotatable bonds is 4. The van der Waals surface area contributed by atoms with Crippen LogP contribution in [0.3, 0.4) is 0 Å². The van der Waals surface area contributed by atoms with Crippen LogP contribution in [-0.4, -0.2) is 37.1 Å². The molecule has 0 saturated carbocycles. The van der Waals surface area contributed by atoms with E-state index in [4.69, 9.17) is 0 Å². The van der Waals surface area contributed by atoms with Crippen molar-refractivity contribution in [1.29, 1.82) is 0 Å². The zero-order valence-corrected chi connectivity index (χ0v) is 10.0. The Hall–Kier alpha value is -1.43.